The number of aromatic nitrogens is 2. The number of rotatable bonds is 8. The molecule has 0 bridgehead atoms. The molecule has 2 aromatic heterocycles. The third-order valence-corrected chi connectivity index (χ3v) is 5.98. The van der Waals surface area contributed by atoms with Crippen LogP contribution in [-0.2, 0) is 10.5 Å². The van der Waals surface area contributed by atoms with Crippen LogP contribution in [0, 0.1) is 6.92 Å². The molecular formula is C21H22N4O3S2. The summed E-state index contributed by atoms with van der Waals surface area (Å²) in [7, 11) is 1.60. The minimum absolute atomic E-state index is 0.0664. The number of hydrogen-bond donors (Lipinski definition) is 1. The molecule has 2 amide bonds. The molecule has 0 aliphatic heterocycles. The molecule has 0 saturated heterocycles. The molecule has 2 heterocycles. The highest BCUT2D eigenvalue weighted by atomic mass is 32.2. The van der Waals surface area contributed by atoms with Crippen LogP contribution in [0.3, 0.4) is 0 Å². The zero-order valence-electron chi connectivity index (χ0n) is 16.9. The van der Waals surface area contributed by atoms with Gasteiger partial charge in [-0.2, -0.15) is 0 Å². The zero-order valence-corrected chi connectivity index (χ0v) is 18.5. The maximum Gasteiger partial charge on any atom is 0.256 e. The van der Waals surface area contributed by atoms with Gasteiger partial charge in [0, 0.05) is 30.0 Å². The second kappa shape index (κ2) is 10.3. The fourth-order valence-corrected chi connectivity index (χ4v) is 4.15. The predicted molar refractivity (Wildman–Crippen MR) is 119 cm³/mol. The number of para-hydroxylation sites is 1. The summed E-state index contributed by atoms with van der Waals surface area (Å²) < 4.78 is 5.07. The van der Waals surface area contributed by atoms with E-state index in [9.17, 15) is 9.59 Å². The maximum absolute atomic E-state index is 12.9. The number of likely N-dealkylation sites (N-methyl/N-ethyl adjacent to an activating group) is 1. The summed E-state index contributed by atoms with van der Waals surface area (Å²) >= 11 is 2.95. The van der Waals surface area contributed by atoms with E-state index in [4.69, 9.17) is 4.52 Å². The summed E-state index contributed by atoms with van der Waals surface area (Å²) in [5.41, 5.74) is 1.96. The lowest BCUT2D eigenvalue weighted by molar-refractivity contribution is -0.116. The van der Waals surface area contributed by atoms with E-state index in [1.54, 1.807) is 37.1 Å². The quantitative estimate of drug-likeness (QED) is 0.525. The molecule has 30 heavy (non-hydrogen) atoms. The molecule has 0 radical (unpaired) electrons. The summed E-state index contributed by atoms with van der Waals surface area (Å²) in [5, 5.41) is 7.42. The van der Waals surface area contributed by atoms with E-state index in [2.05, 4.69) is 15.5 Å². The molecule has 0 unspecified atom stereocenters. The van der Waals surface area contributed by atoms with Gasteiger partial charge in [0.05, 0.1) is 23.5 Å². The van der Waals surface area contributed by atoms with E-state index in [0.29, 0.717) is 16.3 Å². The standard InChI is InChI=1S/C21H22N4O3S2/c1-14-11-15(24-28-14)13-30-20-16(7-6-10-22-20)21(27)25(2)12-19(26)23-17-8-4-5-9-18(17)29-3/h4-11H,12-13H2,1-3H3,(H,23,26). The summed E-state index contributed by atoms with van der Waals surface area (Å²) in [6, 6.07) is 12.8. The minimum Gasteiger partial charge on any atom is -0.361 e. The Kier molecular flexibility index (Phi) is 7.53. The van der Waals surface area contributed by atoms with Gasteiger partial charge in [0.2, 0.25) is 5.91 Å². The highest BCUT2D eigenvalue weighted by Crippen LogP contribution is 2.26. The highest BCUT2D eigenvalue weighted by molar-refractivity contribution is 7.98. The second-order valence-electron chi connectivity index (χ2n) is 6.48. The average molecular weight is 443 g/mol. The topological polar surface area (TPSA) is 88.3 Å². The Morgan fingerprint density at radius 2 is 2.00 bits per heavy atom. The minimum atomic E-state index is -0.268. The molecule has 0 spiro atoms. The van der Waals surface area contributed by atoms with E-state index in [0.717, 1.165) is 22.0 Å². The van der Waals surface area contributed by atoms with Crippen LogP contribution in [0.5, 0.6) is 0 Å². The lowest BCUT2D eigenvalue weighted by Gasteiger charge is -2.18. The highest BCUT2D eigenvalue weighted by Gasteiger charge is 2.20. The summed E-state index contributed by atoms with van der Waals surface area (Å²) in [6.07, 6.45) is 3.59. The van der Waals surface area contributed by atoms with Crippen molar-refractivity contribution in [2.75, 3.05) is 25.2 Å². The van der Waals surface area contributed by atoms with Gasteiger partial charge < -0.3 is 14.7 Å². The number of thioether (sulfide) groups is 2. The van der Waals surface area contributed by atoms with Crippen molar-refractivity contribution in [3.63, 3.8) is 0 Å². The third kappa shape index (κ3) is 5.64. The van der Waals surface area contributed by atoms with Crippen molar-refractivity contribution in [1.29, 1.82) is 0 Å². The van der Waals surface area contributed by atoms with E-state index < -0.39 is 0 Å². The summed E-state index contributed by atoms with van der Waals surface area (Å²) in [6.45, 7) is 1.76. The van der Waals surface area contributed by atoms with Gasteiger partial charge in [-0.15, -0.1) is 11.8 Å². The maximum atomic E-state index is 12.9. The first-order valence-corrected chi connectivity index (χ1v) is 11.4. The van der Waals surface area contributed by atoms with Crippen molar-refractivity contribution in [2.24, 2.45) is 0 Å². The number of benzene rings is 1. The monoisotopic (exact) mass is 442 g/mol. The van der Waals surface area contributed by atoms with Crippen LogP contribution in [0.25, 0.3) is 0 Å². The van der Waals surface area contributed by atoms with Gasteiger partial charge in [0.1, 0.15) is 10.8 Å². The Balaban J connectivity index is 1.64. The van der Waals surface area contributed by atoms with Gasteiger partial charge in [-0.25, -0.2) is 4.98 Å². The van der Waals surface area contributed by atoms with E-state index in [1.807, 2.05) is 43.5 Å². The SMILES string of the molecule is CSc1ccccc1NC(=O)CN(C)C(=O)c1cccnc1SCc1cc(C)on1. The van der Waals surface area contributed by atoms with E-state index in [-0.39, 0.29) is 18.4 Å². The van der Waals surface area contributed by atoms with Gasteiger partial charge in [0.15, 0.2) is 0 Å². The molecule has 0 saturated carbocycles. The van der Waals surface area contributed by atoms with Gasteiger partial charge in [-0.05, 0) is 37.4 Å². The Morgan fingerprint density at radius 3 is 2.73 bits per heavy atom. The lowest BCUT2D eigenvalue weighted by atomic mass is 10.2. The normalized spacial score (nSPS) is 10.6. The molecule has 9 heteroatoms. The van der Waals surface area contributed by atoms with Crippen LogP contribution >= 0.6 is 23.5 Å². The number of hydrogen-bond acceptors (Lipinski definition) is 7. The molecule has 1 aromatic carbocycles. The second-order valence-corrected chi connectivity index (χ2v) is 8.30. The Morgan fingerprint density at radius 1 is 1.20 bits per heavy atom. The van der Waals surface area contributed by atoms with Crippen molar-refractivity contribution >= 4 is 41.0 Å². The van der Waals surface area contributed by atoms with Crippen molar-refractivity contribution in [3.8, 4) is 0 Å². The largest absolute Gasteiger partial charge is 0.361 e. The Bertz CT molecular complexity index is 1040. The molecule has 1 N–H and O–H groups in total. The number of carbonyl (C=O) groups is 2. The van der Waals surface area contributed by atoms with Gasteiger partial charge >= 0.3 is 0 Å². The molecule has 3 aromatic rings. The smallest absolute Gasteiger partial charge is 0.256 e. The molecular weight excluding hydrogens is 420 g/mol. The van der Waals surface area contributed by atoms with Gasteiger partial charge in [-0.3, -0.25) is 9.59 Å². The van der Waals surface area contributed by atoms with Gasteiger partial charge in [0.25, 0.3) is 5.91 Å². The first-order valence-electron chi connectivity index (χ1n) is 9.16. The molecule has 3 rings (SSSR count). The van der Waals surface area contributed by atoms with Crippen LogP contribution in [-0.4, -0.2) is 46.7 Å². The fraction of sp³-hybridized carbons (Fsp3) is 0.238. The van der Waals surface area contributed by atoms with Crippen LogP contribution in [0.1, 0.15) is 21.8 Å². The number of pyridine rings is 1. The number of aryl methyl sites for hydroxylation is 1. The molecule has 0 fully saturated rings. The Labute approximate surface area is 183 Å². The van der Waals surface area contributed by atoms with E-state index >= 15 is 0 Å². The third-order valence-electron chi connectivity index (χ3n) is 4.14. The summed E-state index contributed by atoms with van der Waals surface area (Å²) in [5.74, 6) is 0.736. The van der Waals surface area contributed by atoms with Crippen molar-refractivity contribution in [1.82, 2.24) is 15.0 Å². The Hall–Kier alpha value is -2.78. The average Bonchev–Trinajstić information content (AvgIpc) is 3.17. The number of anilines is 1. The zero-order chi connectivity index (χ0) is 21.5. The molecule has 0 aliphatic rings. The van der Waals surface area contributed by atoms with Crippen LogP contribution < -0.4 is 5.32 Å². The van der Waals surface area contributed by atoms with E-state index in [1.165, 1.54) is 16.7 Å². The molecule has 0 atom stereocenters. The molecule has 0 aliphatic carbocycles. The first-order chi connectivity index (χ1) is 14.5. The van der Waals surface area contributed by atoms with Crippen LogP contribution in [0.15, 0.2) is 63.1 Å². The summed E-state index contributed by atoms with van der Waals surface area (Å²) in [4.78, 5) is 32.1. The van der Waals surface area contributed by atoms with Gasteiger partial charge in [-0.1, -0.05) is 29.1 Å². The van der Waals surface area contributed by atoms with Crippen molar-refractivity contribution in [3.05, 3.63) is 65.7 Å². The number of amides is 2. The van der Waals surface area contributed by atoms with Crippen LogP contribution in [0.4, 0.5) is 5.69 Å². The number of nitrogens with zero attached hydrogens (tertiary/aromatic N) is 3. The number of nitrogens with one attached hydrogen (secondary N) is 1. The van der Waals surface area contributed by atoms with Crippen molar-refractivity contribution < 1.29 is 14.1 Å². The molecule has 7 nitrogen and oxygen atoms in total. The predicted octanol–water partition coefficient (Wildman–Crippen LogP) is 4.10. The first kappa shape index (κ1) is 21.9. The molecule has 156 valence electrons. The fourth-order valence-electron chi connectivity index (χ4n) is 2.73. The van der Waals surface area contributed by atoms with Crippen molar-refractivity contribution in [2.45, 2.75) is 22.6 Å². The van der Waals surface area contributed by atoms with Crippen LogP contribution in [0.2, 0.25) is 0 Å². The lowest BCUT2D eigenvalue weighted by Crippen LogP contribution is -2.35. The number of carbonyl (C=O) groups excluding carboxylic acids is 2.